The van der Waals surface area contributed by atoms with Crippen molar-refractivity contribution in [2.75, 3.05) is 0 Å². The van der Waals surface area contributed by atoms with Gasteiger partial charge in [-0.15, -0.1) is 0 Å². The number of hydrogen-bond donors (Lipinski definition) is 2. The molecule has 4 heteroatoms. The lowest BCUT2D eigenvalue weighted by Crippen LogP contribution is -1.99. The molecule has 0 aliphatic carbocycles. The molecule has 4 nitrogen and oxygen atoms in total. The average molecular weight is 221 g/mol. The van der Waals surface area contributed by atoms with Gasteiger partial charge in [0, 0.05) is 12.8 Å². The molecular weight excluding hydrogens is 208 g/mol. The fourth-order valence-corrected chi connectivity index (χ4v) is 1.29. The van der Waals surface area contributed by atoms with Crippen molar-refractivity contribution in [1.29, 1.82) is 0 Å². The van der Waals surface area contributed by atoms with Crippen molar-refractivity contribution in [2.45, 2.75) is 25.7 Å². The van der Waals surface area contributed by atoms with Crippen LogP contribution in [0.25, 0.3) is 0 Å². The van der Waals surface area contributed by atoms with Crippen molar-refractivity contribution in [3.8, 4) is 0 Å². The third kappa shape index (κ3) is 4.59. The van der Waals surface area contributed by atoms with Gasteiger partial charge in [0.05, 0.1) is 0 Å². The van der Waals surface area contributed by atoms with Gasteiger partial charge in [-0.2, -0.15) is 0 Å². The predicted octanol–water partition coefficient (Wildman–Crippen LogP) is 1.52. The third-order valence-corrected chi connectivity index (χ3v) is 2.18. The number of carboxylic acid groups (broad SMARTS) is 2. The topological polar surface area (TPSA) is 74.6 Å². The number of aryl methyl sites for hydroxylation is 2. The highest BCUT2D eigenvalue weighted by Crippen LogP contribution is 2.08. The number of benzene rings is 1. The molecule has 0 spiro atoms. The smallest absolute Gasteiger partial charge is 0.303 e. The van der Waals surface area contributed by atoms with E-state index in [1.54, 1.807) is 12.1 Å². The Labute approximate surface area is 93.5 Å². The Morgan fingerprint density at radius 3 is 2.19 bits per heavy atom. The zero-order chi connectivity index (χ0) is 12.0. The van der Waals surface area contributed by atoms with Crippen molar-refractivity contribution >= 4 is 11.9 Å². The van der Waals surface area contributed by atoms with Gasteiger partial charge in [-0.05, 0) is 30.0 Å². The Bertz CT molecular complexity index is 330. The molecule has 0 aromatic heterocycles. The monoisotopic (exact) mass is 221 g/mol. The van der Waals surface area contributed by atoms with E-state index in [0.29, 0.717) is 12.8 Å². The van der Waals surface area contributed by atoms with E-state index >= 15 is 0 Å². The summed E-state index contributed by atoms with van der Waals surface area (Å²) in [6.45, 7) is 0. The normalized spacial score (nSPS) is 10.0. The van der Waals surface area contributed by atoms with Gasteiger partial charge in [0.2, 0.25) is 0 Å². The third-order valence-electron chi connectivity index (χ3n) is 2.18. The largest absolute Gasteiger partial charge is 0.481 e. The van der Waals surface area contributed by atoms with Crippen LogP contribution in [0, 0.1) is 6.07 Å². The summed E-state index contributed by atoms with van der Waals surface area (Å²) in [6, 6.07) is 8.29. The van der Waals surface area contributed by atoms with Crippen LogP contribution in [-0.2, 0) is 22.4 Å². The van der Waals surface area contributed by atoms with Crippen LogP contribution < -0.4 is 0 Å². The summed E-state index contributed by atoms with van der Waals surface area (Å²) in [6.07, 6.45) is 1.12. The molecule has 0 aliphatic rings. The Hall–Kier alpha value is -1.84. The maximum absolute atomic E-state index is 10.3. The van der Waals surface area contributed by atoms with Crippen LogP contribution in [-0.4, -0.2) is 22.2 Å². The number of hydrogen-bond acceptors (Lipinski definition) is 2. The van der Waals surface area contributed by atoms with Gasteiger partial charge >= 0.3 is 11.9 Å². The Morgan fingerprint density at radius 2 is 1.69 bits per heavy atom. The second-order valence-electron chi connectivity index (χ2n) is 3.51. The van der Waals surface area contributed by atoms with Crippen molar-refractivity contribution in [3.05, 3.63) is 35.4 Å². The summed E-state index contributed by atoms with van der Waals surface area (Å²) < 4.78 is 0. The highest BCUT2D eigenvalue weighted by molar-refractivity contribution is 5.67. The molecule has 0 aliphatic heterocycles. The Kier molecular flexibility index (Phi) is 4.51. The number of carbonyl (C=O) groups is 2. The lowest BCUT2D eigenvalue weighted by atomic mass is 10.0. The van der Waals surface area contributed by atoms with Crippen LogP contribution in [0.2, 0.25) is 0 Å². The van der Waals surface area contributed by atoms with Gasteiger partial charge in [0.1, 0.15) is 0 Å². The highest BCUT2D eigenvalue weighted by atomic mass is 16.4. The average Bonchev–Trinajstić information content (AvgIpc) is 2.25. The first kappa shape index (κ1) is 12.2. The minimum Gasteiger partial charge on any atom is -0.481 e. The van der Waals surface area contributed by atoms with Crippen LogP contribution in [0.5, 0.6) is 0 Å². The van der Waals surface area contributed by atoms with Crippen LogP contribution in [0.15, 0.2) is 18.2 Å². The van der Waals surface area contributed by atoms with E-state index in [-0.39, 0.29) is 12.8 Å². The van der Waals surface area contributed by atoms with E-state index in [0.717, 1.165) is 11.1 Å². The Morgan fingerprint density at radius 1 is 1.06 bits per heavy atom. The quantitative estimate of drug-likeness (QED) is 0.763. The first-order valence-corrected chi connectivity index (χ1v) is 5.01. The summed E-state index contributed by atoms with van der Waals surface area (Å²) in [5, 5.41) is 17.0. The zero-order valence-electron chi connectivity index (χ0n) is 8.77. The minimum atomic E-state index is -0.830. The molecule has 0 unspecified atom stereocenters. The number of aliphatic carboxylic acids is 2. The zero-order valence-corrected chi connectivity index (χ0v) is 8.77. The van der Waals surface area contributed by atoms with Gasteiger partial charge < -0.3 is 10.2 Å². The molecule has 0 fully saturated rings. The molecule has 0 saturated heterocycles. The maximum atomic E-state index is 10.3. The molecule has 85 valence electrons. The summed E-state index contributed by atoms with van der Waals surface area (Å²) >= 11 is 0. The van der Waals surface area contributed by atoms with Crippen LogP contribution in [0.1, 0.15) is 24.0 Å². The molecule has 0 amide bonds. The van der Waals surface area contributed by atoms with Crippen molar-refractivity contribution < 1.29 is 19.8 Å². The van der Waals surface area contributed by atoms with Gasteiger partial charge in [0.15, 0.2) is 0 Å². The number of rotatable bonds is 6. The summed E-state index contributed by atoms with van der Waals surface area (Å²) in [7, 11) is 0. The molecule has 2 N–H and O–H groups in total. The van der Waals surface area contributed by atoms with Gasteiger partial charge in [0.25, 0.3) is 0 Å². The van der Waals surface area contributed by atoms with Crippen molar-refractivity contribution in [3.63, 3.8) is 0 Å². The maximum Gasteiger partial charge on any atom is 0.303 e. The van der Waals surface area contributed by atoms with E-state index in [9.17, 15) is 9.59 Å². The minimum absolute atomic E-state index is 0.0883. The van der Waals surface area contributed by atoms with E-state index in [1.807, 2.05) is 6.07 Å². The van der Waals surface area contributed by atoms with E-state index in [1.165, 1.54) is 0 Å². The summed E-state index contributed by atoms with van der Waals surface area (Å²) in [5.74, 6) is -1.65. The van der Waals surface area contributed by atoms with E-state index in [4.69, 9.17) is 10.2 Å². The first-order chi connectivity index (χ1) is 7.58. The van der Waals surface area contributed by atoms with Gasteiger partial charge in [-0.25, -0.2) is 0 Å². The van der Waals surface area contributed by atoms with Crippen molar-refractivity contribution in [1.82, 2.24) is 0 Å². The first-order valence-electron chi connectivity index (χ1n) is 5.01. The predicted molar refractivity (Wildman–Crippen MR) is 57.2 cm³/mol. The molecule has 0 atom stereocenters. The van der Waals surface area contributed by atoms with Crippen LogP contribution in [0.3, 0.4) is 0 Å². The Balaban J connectivity index is 2.47. The fourth-order valence-electron chi connectivity index (χ4n) is 1.29. The van der Waals surface area contributed by atoms with Crippen LogP contribution in [0.4, 0.5) is 0 Å². The highest BCUT2D eigenvalue weighted by Gasteiger charge is 2.01. The van der Waals surface area contributed by atoms with E-state index < -0.39 is 11.9 Å². The summed E-state index contributed by atoms with van der Waals surface area (Å²) in [5.41, 5.74) is 1.74. The molecule has 1 radical (unpaired) electrons. The second kappa shape index (κ2) is 5.90. The summed E-state index contributed by atoms with van der Waals surface area (Å²) in [4.78, 5) is 20.7. The molecule has 1 rings (SSSR count). The molecule has 1 aromatic rings. The lowest BCUT2D eigenvalue weighted by Gasteiger charge is -2.01. The second-order valence-corrected chi connectivity index (χ2v) is 3.51. The molecule has 0 bridgehead atoms. The fraction of sp³-hybridized carbons (Fsp3) is 0.333. The standard InChI is InChI=1S/C12H13O4/c13-11(14)7-5-9-1-2-10(4-3-9)6-8-12(15)16/h1-3H,5-8H2,(H,13,14)(H,15,16). The van der Waals surface area contributed by atoms with Crippen LogP contribution >= 0.6 is 0 Å². The molecule has 0 heterocycles. The molecule has 0 saturated carbocycles. The van der Waals surface area contributed by atoms with Gasteiger partial charge in [-0.3, -0.25) is 9.59 Å². The molecular formula is C12H13O4. The number of carboxylic acids is 2. The van der Waals surface area contributed by atoms with E-state index in [2.05, 4.69) is 6.07 Å². The van der Waals surface area contributed by atoms with Gasteiger partial charge in [-0.1, -0.05) is 18.2 Å². The molecule has 1 aromatic carbocycles. The molecule has 16 heavy (non-hydrogen) atoms. The lowest BCUT2D eigenvalue weighted by molar-refractivity contribution is -0.138. The SMILES string of the molecule is O=C(O)CCc1[c]cc(CCC(=O)O)cc1. The van der Waals surface area contributed by atoms with Crippen molar-refractivity contribution in [2.24, 2.45) is 0 Å².